The minimum Gasteiger partial charge on any atom is -0.355 e. The highest BCUT2D eigenvalue weighted by Gasteiger charge is 2.11. The van der Waals surface area contributed by atoms with Crippen LogP contribution < -0.4 is 5.32 Å². The molecule has 0 aromatic carbocycles. The summed E-state index contributed by atoms with van der Waals surface area (Å²) in [6.45, 7) is 13.4. The van der Waals surface area contributed by atoms with Gasteiger partial charge in [-0.25, -0.2) is 0 Å². The molecule has 0 aliphatic carbocycles. The lowest BCUT2D eigenvalue weighted by molar-refractivity contribution is -0.122. The highest BCUT2D eigenvalue weighted by atomic mass is 16.1. The monoisotopic (exact) mass is 214 g/mol. The van der Waals surface area contributed by atoms with Crippen molar-refractivity contribution in [2.45, 2.75) is 47.1 Å². The van der Waals surface area contributed by atoms with E-state index in [0.717, 1.165) is 19.6 Å². The van der Waals surface area contributed by atoms with Crippen molar-refractivity contribution in [1.82, 2.24) is 10.2 Å². The first-order chi connectivity index (χ1) is 7.01. The van der Waals surface area contributed by atoms with Crippen molar-refractivity contribution in [3.8, 4) is 0 Å². The van der Waals surface area contributed by atoms with E-state index in [-0.39, 0.29) is 5.91 Å². The van der Waals surface area contributed by atoms with Crippen LogP contribution in [-0.4, -0.2) is 36.5 Å². The van der Waals surface area contributed by atoms with E-state index in [1.807, 2.05) is 0 Å². The van der Waals surface area contributed by atoms with Gasteiger partial charge in [0.05, 0.1) is 0 Å². The van der Waals surface area contributed by atoms with Gasteiger partial charge < -0.3 is 5.32 Å². The summed E-state index contributed by atoms with van der Waals surface area (Å²) in [5, 5.41) is 2.98. The predicted molar refractivity (Wildman–Crippen MR) is 64.8 cm³/mol. The lowest BCUT2D eigenvalue weighted by atomic mass is 10.1. The average molecular weight is 214 g/mol. The van der Waals surface area contributed by atoms with Crippen molar-refractivity contribution in [1.29, 1.82) is 0 Å². The first kappa shape index (κ1) is 14.4. The number of hydrogen-bond donors (Lipinski definition) is 1. The maximum atomic E-state index is 11.4. The Morgan fingerprint density at radius 1 is 1.20 bits per heavy atom. The molecule has 0 rings (SSSR count). The van der Waals surface area contributed by atoms with Crippen molar-refractivity contribution < 1.29 is 4.79 Å². The van der Waals surface area contributed by atoms with Crippen LogP contribution in [0.4, 0.5) is 0 Å². The molecule has 0 spiro atoms. The molecular weight excluding hydrogens is 188 g/mol. The van der Waals surface area contributed by atoms with Gasteiger partial charge in [-0.1, -0.05) is 27.7 Å². The van der Waals surface area contributed by atoms with Crippen LogP contribution in [0.3, 0.4) is 0 Å². The van der Waals surface area contributed by atoms with Gasteiger partial charge in [-0.05, 0) is 25.9 Å². The molecule has 0 aliphatic heterocycles. The number of rotatable bonds is 7. The van der Waals surface area contributed by atoms with Gasteiger partial charge in [-0.3, -0.25) is 9.69 Å². The fourth-order valence-corrected chi connectivity index (χ4v) is 1.68. The second-order valence-corrected chi connectivity index (χ2v) is 4.47. The standard InChI is InChI=1S/C12H26N2O/c1-6-14(7-2)11(5)9-13-12(15)8-10(3)4/h10-11H,6-9H2,1-5H3,(H,13,15). The first-order valence-electron chi connectivity index (χ1n) is 6.01. The zero-order valence-electron chi connectivity index (χ0n) is 10.8. The number of likely N-dealkylation sites (N-methyl/N-ethyl adjacent to an activating group) is 1. The molecule has 1 unspecified atom stereocenters. The maximum Gasteiger partial charge on any atom is 0.220 e. The molecule has 0 aromatic heterocycles. The van der Waals surface area contributed by atoms with Crippen LogP contribution in [0.15, 0.2) is 0 Å². The second-order valence-electron chi connectivity index (χ2n) is 4.47. The minimum atomic E-state index is 0.170. The highest BCUT2D eigenvalue weighted by Crippen LogP contribution is 2.00. The number of carbonyl (C=O) groups excluding carboxylic acids is 1. The van der Waals surface area contributed by atoms with Gasteiger partial charge in [-0.2, -0.15) is 0 Å². The van der Waals surface area contributed by atoms with Gasteiger partial charge in [0.1, 0.15) is 0 Å². The third-order valence-electron chi connectivity index (χ3n) is 2.62. The number of hydrogen-bond acceptors (Lipinski definition) is 2. The highest BCUT2D eigenvalue weighted by molar-refractivity contribution is 5.76. The van der Waals surface area contributed by atoms with Crippen molar-refractivity contribution in [2.24, 2.45) is 5.92 Å². The van der Waals surface area contributed by atoms with E-state index in [0.29, 0.717) is 18.4 Å². The summed E-state index contributed by atoms with van der Waals surface area (Å²) in [6, 6.07) is 0.427. The van der Waals surface area contributed by atoms with E-state index >= 15 is 0 Å². The van der Waals surface area contributed by atoms with Gasteiger partial charge in [-0.15, -0.1) is 0 Å². The van der Waals surface area contributed by atoms with E-state index in [9.17, 15) is 4.79 Å². The molecular formula is C12H26N2O. The van der Waals surface area contributed by atoms with Crippen molar-refractivity contribution in [3.05, 3.63) is 0 Å². The van der Waals surface area contributed by atoms with E-state index in [2.05, 4.69) is 44.8 Å². The molecule has 0 aliphatic rings. The van der Waals surface area contributed by atoms with Crippen LogP contribution in [0.5, 0.6) is 0 Å². The summed E-state index contributed by atoms with van der Waals surface area (Å²) >= 11 is 0. The summed E-state index contributed by atoms with van der Waals surface area (Å²) < 4.78 is 0. The Hall–Kier alpha value is -0.570. The van der Waals surface area contributed by atoms with Crippen LogP contribution in [-0.2, 0) is 4.79 Å². The Labute approximate surface area is 94.2 Å². The summed E-state index contributed by atoms with van der Waals surface area (Å²) in [5.41, 5.74) is 0. The largest absolute Gasteiger partial charge is 0.355 e. The molecule has 0 fully saturated rings. The summed E-state index contributed by atoms with van der Waals surface area (Å²) in [7, 11) is 0. The summed E-state index contributed by atoms with van der Waals surface area (Å²) in [5.74, 6) is 0.609. The summed E-state index contributed by atoms with van der Waals surface area (Å²) in [6.07, 6.45) is 0.630. The molecule has 1 N–H and O–H groups in total. The first-order valence-corrected chi connectivity index (χ1v) is 6.01. The van der Waals surface area contributed by atoms with Crippen molar-refractivity contribution in [3.63, 3.8) is 0 Å². The molecule has 3 heteroatoms. The van der Waals surface area contributed by atoms with Crippen LogP contribution in [0, 0.1) is 5.92 Å². The van der Waals surface area contributed by atoms with Crippen LogP contribution in [0.25, 0.3) is 0 Å². The average Bonchev–Trinajstić information content (AvgIpc) is 2.15. The molecule has 1 atom stereocenters. The Morgan fingerprint density at radius 2 is 1.73 bits per heavy atom. The molecule has 1 amide bonds. The van der Waals surface area contributed by atoms with Gasteiger partial charge in [0.2, 0.25) is 5.91 Å². The lowest BCUT2D eigenvalue weighted by Crippen LogP contribution is -2.42. The van der Waals surface area contributed by atoms with E-state index in [1.54, 1.807) is 0 Å². The third-order valence-corrected chi connectivity index (χ3v) is 2.62. The van der Waals surface area contributed by atoms with Crippen LogP contribution >= 0.6 is 0 Å². The molecule has 90 valence electrons. The summed E-state index contributed by atoms with van der Waals surface area (Å²) in [4.78, 5) is 13.8. The molecule has 0 radical (unpaired) electrons. The van der Waals surface area contributed by atoms with Crippen LogP contribution in [0.1, 0.15) is 41.0 Å². The zero-order valence-corrected chi connectivity index (χ0v) is 10.8. The van der Waals surface area contributed by atoms with Crippen LogP contribution in [0.2, 0.25) is 0 Å². The zero-order chi connectivity index (χ0) is 11.8. The lowest BCUT2D eigenvalue weighted by Gasteiger charge is -2.26. The van der Waals surface area contributed by atoms with Gasteiger partial charge in [0, 0.05) is 19.0 Å². The van der Waals surface area contributed by atoms with Gasteiger partial charge in [0.25, 0.3) is 0 Å². The SMILES string of the molecule is CCN(CC)C(C)CNC(=O)CC(C)C. The molecule has 0 heterocycles. The Kier molecular flexibility index (Phi) is 7.39. The topological polar surface area (TPSA) is 32.3 Å². The number of carbonyl (C=O) groups is 1. The maximum absolute atomic E-state index is 11.4. The molecule has 0 bridgehead atoms. The molecule has 0 saturated heterocycles. The van der Waals surface area contributed by atoms with Crippen molar-refractivity contribution in [2.75, 3.05) is 19.6 Å². The third kappa shape index (κ3) is 6.50. The Balaban J connectivity index is 3.78. The fourth-order valence-electron chi connectivity index (χ4n) is 1.68. The van der Waals surface area contributed by atoms with Crippen molar-refractivity contribution >= 4 is 5.91 Å². The van der Waals surface area contributed by atoms with E-state index < -0.39 is 0 Å². The normalized spacial score (nSPS) is 13.3. The molecule has 15 heavy (non-hydrogen) atoms. The number of nitrogens with zero attached hydrogens (tertiary/aromatic N) is 1. The van der Waals surface area contributed by atoms with E-state index in [4.69, 9.17) is 0 Å². The second kappa shape index (κ2) is 7.69. The quantitative estimate of drug-likeness (QED) is 0.702. The van der Waals surface area contributed by atoms with E-state index in [1.165, 1.54) is 0 Å². The molecule has 0 saturated carbocycles. The number of amides is 1. The minimum absolute atomic E-state index is 0.170. The molecule has 0 aromatic rings. The fraction of sp³-hybridized carbons (Fsp3) is 0.917. The number of nitrogens with one attached hydrogen (secondary N) is 1. The molecule has 3 nitrogen and oxygen atoms in total. The van der Waals surface area contributed by atoms with Gasteiger partial charge >= 0.3 is 0 Å². The van der Waals surface area contributed by atoms with Gasteiger partial charge in [0.15, 0.2) is 0 Å². The Bertz CT molecular complexity index is 176. The Morgan fingerprint density at radius 3 is 2.13 bits per heavy atom. The smallest absolute Gasteiger partial charge is 0.220 e. The predicted octanol–water partition coefficient (Wildman–Crippen LogP) is 1.88.